The average molecular weight is 460 g/mol. The summed E-state index contributed by atoms with van der Waals surface area (Å²) in [5.74, 6) is 0.394. The van der Waals surface area contributed by atoms with Crippen LogP contribution in [0.25, 0.3) is 0 Å². The minimum atomic E-state index is -0.507. The minimum Gasteiger partial charge on any atom is -0.469 e. The largest absolute Gasteiger partial charge is 0.469 e. The molecule has 7 heteroatoms. The van der Waals surface area contributed by atoms with Gasteiger partial charge in [0.15, 0.2) is 5.78 Å². The Morgan fingerprint density at radius 1 is 1.12 bits per heavy atom. The van der Waals surface area contributed by atoms with Gasteiger partial charge in [-0.3, -0.25) is 9.59 Å². The van der Waals surface area contributed by atoms with E-state index in [1.54, 1.807) is 42.8 Å². The number of dihydropyridines is 1. The van der Waals surface area contributed by atoms with Crippen LogP contribution in [0.2, 0.25) is 5.02 Å². The van der Waals surface area contributed by atoms with Crippen LogP contribution >= 0.6 is 11.6 Å². The zero-order valence-electron chi connectivity index (χ0n) is 18.0. The maximum atomic E-state index is 13.5. The Kier molecular flexibility index (Phi) is 5.60. The number of nitrogens with one attached hydrogen (secondary N) is 2. The third-order valence-electron chi connectivity index (χ3n) is 6.13. The molecule has 1 aromatic carbocycles. The Bertz CT molecular complexity index is 1260. The number of carbonyl (C=O) groups excluding carboxylic acids is 2. The van der Waals surface area contributed by atoms with Crippen molar-refractivity contribution in [3.63, 3.8) is 0 Å². The zero-order chi connectivity index (χ0) is 22.9. The summed E-state index contributed by atoms with van der Waals surface area (Å²) < 4.78 is 5.58. The fourth-order valence-electron chi connectivity index (χ4n) is 4.67. The van der Waals surface area contributed by atoms with Crippen molar-refractivity contribution in [3.05, 3.63) is 106 Å². The number of rotatable bonds is 4. The number of Topliss-reactive ketones (excluding diaryl/α,β-unsaturated/α-hetero) is 1. The predicted octanol–water partition coefficient (Wildman–Crippen LogP) is 5.33. The molecule has 3 heterocycles. The third-order valence-corrected chi connectivity index (χ3v) is 6.38. The van der Waals surface area contributed by atoms with E-state index >= 15 is 0 Å². The third kappa shape index (κ3) is 4.10. The van der Waals surface area contributed by atoms with Crippen LogP contribution in [-0.2, 0) is 9.59 Å². The van der Waals surface area contributed by atoms with E-state index in [0.717, 1.165) is 17.0 Å². The number of aromatic nitrogens is 1. The summed E-state index contributed by atoms with van der Waals surface area (Å²) in [5.41, 5.74) is 3.49. The molecule has 2 aromatic heterocycles. The van der Waals surface area contributed by atoms with E-state index in [9.17, 15) is 9.59 Å². The number of benzene rings is 1. The number of nitrogens with zero attached hydrogens (tertiary/aromatic N) is 1. The zero-order valence-corrected chi connectivity index (χ0v) is 18.7. The smallest absolute Gasteiger partial charge is 0.255 e. The monoisotopic (exact) mass is 459 g/mol. The lowest BCUT2D eigenvalue weighted by molar-refractivity contribution is -0.116. The second-order valence-electron chi connectivity index (χ2n) is 8.25. The highest BCUT2D eigenvalue weighted by Crippen LogP contribution is 2.45. The molecular formula is C26H22ClN3O3. The number of ketones is 1. The summed E-state index contributed by atoms with van der Waals surface area (Å²) in [5, 5.41) is 6.82. The lowest BCUT2D eigenvalue weighted by atomic mass is 9.72. The molecule has 0 spiro atoms. The quantitative estimate of drug-likeness (QED) is 0.551. The highest BCUT2D eigenvalue weighted by atomic mass is 35.5. The van der Waals surface area contributed by atoms with E-state index < -0.39 is 5.92 Å². The van der Waals surface area contributed by atoms with Crippen LogP contribution in [0.5, 0.6) is 0 Å². The normalized spacial score (nSPS) is 20.4. The number of allylic oxidation sites excluding steroid dienone is 3. The van der Waals surface area contributed by atoms with E-state index in [4.69, 9.17) is 16.0 Å². The Balaban J connectivity index is 1.57. The predicted molar refractivity (Wildman–Crippen MR) is 126 cm³/mol. The van der Waals surface area contributed by atoms with Gasteiger partial charge in [-0.25, -0.2) is 4.98 Å². The van der Waals surface area contributed by atoms with Gasteiger partial charge in [0, 0.05) is 52.0 Å². The average Bonchev–Trinajstić information content (AvgIpc) is 3.34. The molecule has 2 N–H and O–H groups in total. The molecule has 0 bridgehead atoms. The molecule has 3 aromatic rings. The van der Waals surface area contributed by atoms with Crippen LogP contribution in [0, 0.1) is 0 Å². The fourth-order valence-corrected chi connectivity index (χ4v) is 4.80. The van der Waals surface area contributed by atoms with Crippen molar-refractivity contribution in [3.8, 4) is 0 Å². The van der Waals surface area contributed by atoms with E-state index in [-0.39, 0.29) is 17.6 Å². The van der Waals surface area contributed by atoms with Crippen LogP contribution < -0.4 is 10.6 Å². The maximum Gasteiger partial charge on any atom is 0.255 e. The molecule has 6 nitrogen and oxygen atoms in total. The molecule has 0 fully saturated rings. The Morgan fingerprint density at radius 3 is 2.64 bits per heavy atom. The number of carbonyl (C=O) groups is 2. The van der Waals surface area contributed by atoms with E-state index in [0.29, 0.717) is 40.5 Å². The highest BCUT2D eigenvalue weighted by molar-refractivity contribution is 6.30. The van der Waals surface area contributed by atoms with E-state index in [2.05, 4.69) is 15.6 Å². The van der Waals surface area contributed by atoms with Gasteiger partial charge in [-0.1, -0.05) is 29.8 Å². The van der Waals surface area contributed by atoms with Crippen molar-refractivity contribution in [2.24, 2.45) is 0 Å². The highest BCUT2D eigenvalue weighted by Gasteiger charge is 2.41. The number of pyridine rings is 1. The fraction of sp³-hybridized carbons (Fsp3) is 0.192. The topological polar surface area (TPSA) is 84.2 Å². The van der Waals surface area contributed by atoms with Crippen LogP contribution in [0.3, 0.4) is 0 Å². The van der Waals surface area contributed by atoms with Gasteiger partial charge in [-0.2, -0.15) is 0 Å². The molecule has 0 saturated heterocycles. The first-order valence-electron chi connectivity index (χ1n) is 10.8. The van der Waals surface area contributed by atoms with E-state index in [1.165, 1.54) is 0 Å². The van der Waals surface area contributed by atoms with Crippen LogP contribution in [0.4, 0.5) is 5.82 Å². The number of anilines is 1. The van der Waals surface area contributed by atoms with Gasteiger partial charge < -0.3 is 15.1 Å². The van der Waals surface area contributed by atoms with Crippen molar-refractivity contribution in [2.75, 3.05) is 5.32 Å². The molecule has 0 unspecified atom stereocenters. The second kappa shape index (κ2) is 8.71. The van der Waals surface area contributed by atoms with Gasteiger partial charge in [-0.15, -0.1) is 0 Å². The molecule has 0 saturated carbocycles. The SMILES string of the molecule is CC1=C(C(=O)Nc2ccccn2)[C@@H](c2ccc(Cl)cc2)C2=C(C[C@H](c3ccco3)CC2=O)N1. The van der Waals surface area contributed by atoms with Crippen molar-refractivity contribution >= 4 is 29.1 Å². The first kappa shape index (κ1) is 21.2. The molecule has 2 aliphatic rings. The van der Waals surface area contributed by atoms with Gasteiger partial charge in [0.1, 0.15) is 11.6 Å². The van der Waals surface area contributed by atoms with Crippen LogP contribution in [-0.4, -0.2) is 16.7 Å². The summed E-state index contributed by atoms with van der Waals surface area (Å²) in [7, 11) is 0. The Morgan fingerprint density at radius 2 is 1.94 bits per heavy atom. The van der Waals surface area contributed by atoms with Gasteiger partial charge in [-0.05, 0) is 55.3 Å². The lowest BCUT2D eigenvalue weighted by Gasteiger charge is -2.36. The molecular weight excluding hydrogens is 438 g/mol. The van der Waals surface area contributed by atoms with Crippen molar-refractivity contribution in [1.82, 2.24) is 10.3 Å². The molecule has 166 valence electrons. The number of furan rings is 1. The van der Waals surface area contributed by atoms with Gasteiger partial charge >= 0.3 is 0 Å². The first-order valence-corrected chi connectivity index (χ1v) is 11.1. The molecule has 33 heavy (non-hydrogen) atoms. The van der Waals surface area contributed by atoms with Crippen molar-refractivity contribution in [1.29, 1.82) is 0 Å². The summed E-state index contributed by atoms with van der Waals surface area (Å²) in [6, 6.07) is 16.4. The van der Waals surface area contributed by atoms with Gasteiger partial charge in [0.05, 0.1) is 6.26 Å². The number of amides is 1. The first-order chi connectivity index (χ1) is 16.0. The van der Waals surface area contributed by atoms with E-state index in [1.807, 2.05) is 31.2 Å². The molecule has 1 amide bonds. The Hall–Kier alpha value is -3.64. The second-order valence-corrected chi connectivity index (χ2v) is 8.69. The molecule has 0 radical (unpaired) electrons. The Labute approximate surface area is 196 Å². The van der Waals surface area contributed by atoms with Gasteiger partial charge in [0.2, 0.25) is 0 Å². The maximum absolute atomic E-state index is 13.5. The molecule has 1 aliphatic heterocycles. The number of halogens is 1. The summed E-state index contributed by atoms with van der Waals surface area (Å²) in [6.07, 6.45) is 4.20. The molecule has 2 atom stereocenters. The molecule has 1 aliphatic carbocycles. The lowest BCUT2D eigenvalue weighted by Crippen LogP contribution is -2.37. The number of hydrogen-bond acceptors (Lipinski definition) is 5. The minimum absolute atomic E-state index is 0.000682. The van der Waals surface area contributed by atoms with Gasteiger partial charge in [0.25, 0.3) is 5.91 Å². The summed E-state index contributed by atoms with van der Waals surface area (Å²) >= 11 is 6.13. The summed E-state index contributed by atoms with van der Waals surface area (Å²) in [6.45, 7) is 1.86. The van der Waals surface area contributed by atoms with Crippen LogP contribution in [0.1, 0.15) is 42.9 Å². The summed E-state index contributed by atoms with van der Waals surface area (Å²) in [4.78, 5) is 31.1. The van der Waals surface area contributed by atoms with Crippen LogP contribution in [0.15, 0.2) is 94.0 Å². The standard InChI is InChI=1S/C26H22ClN3O3/c1-15-23(26(32)30-22-6-2-3-11-28-22)24(16-7-9-18(27)10-8-16)25-19(29-15)13-17(14-20(25)31)21-5-4-12-33-21/h2-12,17,24,29H,13-14H2,1H3,(H,28,30,32)/t17-,24+/m0/s1. The molecule has 5 rings (SSSR count). The van der Waals surface area contributed by atoms with Crippen molar-refractivity contribution < 1.29 is 14.0 Å². The van der Waals surface area contributed by atoms with Crippen molar-refractivity contribution in [2.45, 2.75) is 31.6 Å². The number of hydrogen-bond donors (Lipinski definition) is 2.